The van der Waals surface area contributed by atoms with Crippen LogP contribution in [0.15, 0.2) is 33.5 Å². The molecule has 1 aliphatic heterocycles. The first-order chi connectivity index (χ1) is 11.5. The van der Waals surface area contributed by atoms with Crippen molar-refractivity contribution in [3.63, 3.8) is 0 Å². The summed E-state index contributed by atoms with van der Waals surface area (Å²) < 4.78 is 12.4. The fourth-order valence-corrected chi connectivity index (χ4v) is 3.54. The van der Waals surface area contributed by atoms with Crippen molar-refractivity contribution in [1.29, 1.82) is 0 Å². The van der Waals surface area contributed by atoms with Crippen molar-refractivity contribution < 1.29 is 8.84 Å². The van der Waals surface area contributed by atoms with Crippen LogP contribution >= 0.6 is 0 Å². The highest BCUT2D eigenvalue weighted by Gasteiger charge is 2.39. The molecule has 0 bridgehead atoms. The molecule has 0 fully saturated rings. The van der Waals surface area contributed by atoms with Crippen LogP contribution in [0.4, 0.5) is 0 Å². The molecule has 1 aromatic rings. The predicted molar refractivity (Wildman–Crippen MR) is 104 cm³/mol. The van der Waals surface area contributed by atoms with Gasteiger partial charge in [-0.3, -0.25) is 4.79 Å². The maximum atomic E-state index is 12.0. The highest BCUT2D eigenvalue weighted by Crippen LogP contribution is 2.38. The topological polar surface area (TPSA) is 52.3 Å². The molecule has 0 atom stereocenters. The Labute approximate surface area is 149 Å². The Morgan fingerprint density at radius 1 is 1.12 bits per heavy atom. The van der Waals surface area contributed by atoms with Crippen LogP contribution in [0.25, 0.3) is 22.6 Å². The molecule has 1 heterocycles. The van der Waals surface area contributed by atoms with Gasteiger partial charge in [-0.2, -0.15) is 0 Å². The number of benzene rings is 2. The van der Waals surface area contributed by atoms with Crippen molar-refractivity contribution in [2.24, 2.45) is 0 Å². The van der Waals surface area contributed by atoms with E-state index in [9.17, 15) is 4.79 Å². The number of hydrogen-bond acceptors (Lipinski definition) is 4. The summed E-state index contributed by atoms with van der Waals surface area (Å²) in [6.45, 7) is 14.7. The fourth-order valence-electron chi connectivity index (χ4n) is 2.52. The molecule has 3 rings (SSSR count). The van der Waals surface area contributed by atoms with Gasteiger partial charge in [0, 0.05) is 11.6 Å². The van der Waals surface area contributed by atoms with E-state index in [0.717, 1.165) is 22.5 Å². The SMILES string of the molecule is Cc1cc(=O)c(C)c2oc3cc(O[Si](C)(C)C(C)(C)C)ccc3nc1-2. The number of rotatable bonds is 2. The largest absolute Gasteiger partial charge is 0.543 e. The van der Waals surface area contributed by atoms with E-state index in [1.54, 1.807) is 13.0 Å². The summed E-state index contributed by atoms with van der Waals surface area (Å²) in [6, 6.07) is 7.36. The summed E-state index contributed by atoms with van der Waals surface area (Å²) >= 11 is 0. The van der Waals surface area contributed by atoms with E-state index in [1.807, 2.05) is 25.1 Å². The zero-order valence-corrected chi connectivity index (χ0v) is 17.0. The van der Waals surface area contributed by atoms with Crippen LogP contribution in [0.1, 0.15) is 31.9 Å². The average molecular weight is 356 g/mol. The van der Waals surface area contributed by atoms with Crippen LogP contribution in [0.5, 0.6) is 5.75 Å². The molecule has 0 amide bonds. The third kappa shape index (κ3) is 3.08. The van der Waals surface area contributed by atoms with Crippen LogP contribution < -0.4 is 9.85 Å². The lowest BCUT2D eigenvalue weighted by Crippen LogP contribution is -2.43. The van der Waals surface area contributed by atoms with E-state index in [1.165, 1.54) is 0 Å². The van der Waals surface area contributed by atoms with Gasteiger partial charge >= 0.3 is 0 Å². The average Bonchev–Trinajstić information content (AvgIpc) is 2.50. The molecule has 25 heavy (non-hydrogen) atoms. The van der Waals surface area contributed by atoms with E-state index in [4.69, 9.17) is 8.84 Å². The van der Waals surface area contributed by atoms with E-state index in [-0.39, 0.29) is 10.5 Å². The van der Waals surface area contributed by atoms with Crippen LogP contribution in [-0.2, 0) is 0 Å². The number of aromatic nitrogens is 1. The van der Waals surface area contributed by atoms with Crippen LogP contribution in [0.3, 0.4) is 0 Å². The molecule has 0 spiro atoms. The lowest BCUT2D eigenvalue weighted by molar-refractivity contribution is 0.491. The summed E-state index contributed by atoms with van der Waals surface area (Å²) in [6.07, 6.45) is 0. The van der Waals surface area contributed by atoms with Crippen LogP contribution in [-0.4, -0.2) is 13.3 Å². The highest BCUT2D eigenvalue weighted by molar-refractivity contribution is 6.74. The Hall–Kier alpha value is -2.14. The van der Waals surface area contributed by atoms with Crippen LogP contribution in [0, 0.1) is 13.8 Å². The Kier molecular flexibility index (Phi) is 4.03. The molecular formula is C20H25NO3Si. The molecule has 0 aromatic heterocycles. The van der Waals surface area contributed by atoms with E-state index < -0.39 is 8.32 Å². The van der Waals surface area contributed by atoms with Gasteiger partial charge in [0.15, 0.2) is 16.8 Å². The summed E-state index contributed by atoms with van der Waals surface area (Å²) in [7, 11) is -1.93. The minimum Gasteiger partial charge on any atom is -0.543 e. The van der Waals surface area contributed by atoms with E-state index >= 15 is 0 Å². The second-order valence-electron chi connectivity index (χ2n) is 8.20. The number of hydrogen-bond donors (Lipinski definition) is 0. The van der Waals surface area contributed by atoms with Gasteiger partial charge in [-0.25, -0.2) is 4.98 Å². The molecule has 1 aromatic carbocycles. The molecule has 0 N–H and O–H groups in total. The molecule has 0 saturated heterocycles. The quantitative estimate of drug-likeness (QED) is 0.463. The van der Waals surface area contributed by atoms with E-state index in [0.29, 0.717) is 16.9 Å². The van der Waals surface area contributed by atoms with Gasteiger partial charge in [0.1, 0.15) is 17.0 Å². The Morgan fingerprint density at radius 3 is 2.44 bits per heavy atom. The molecule has 0 saturated carbocycles. The first kappa shape index (κ1) is 17.7. The minimum absolute atomic E-state index is 0.0245. The van der Waals surface area contributed by atoms with Crippen molar-refractivity contribution in [3.05, 3.63) is 45.6 Å². The molecule has 0 unspecified atom stereocenters. The molecule has 0 radical (unpaired) electrons. The summed E-state index contributed by atoms with van der Waals surface area (Å²) in [5, 5.41) is 0.117. The van der Waals surface area contributed by atoms with Gasteiger partial charge in [-0.1, -0.05) is 20.8 Å². The standard InChI is InChI=1S/C20H25NO3Si/c1-12-10-16(22)13(2)19-18(12)21-15-9-8-14(11-17(15)23-19)24-25(6,7)20(3,4)5/h8-11H,1-7H3. The second-order valence-corrected chi connectivity index (χ2v) is 12.9. The van der Waals surface area contributed by atoms with Gasteiger partial charge in [0.25, 0.3) is 0 Å². The Bertz CT molecular complexity index is 983. The third-order valence-corrected chi connectivity index (χ3v) is 9.56. The van der Waals surface area contributed by atoms with Gasteiger partial charge in [0.05, 0.1) is 0 Å². The summed E-state index contributed by atoms with van der Waals surface area (Å²) in [5.74, 6) is 1.35. The Balaban J connectivity index is 2.15. The maximum Gasteiger partial charge on any atom is 0.250 e. The highest BCUT2D eigenvalue weighted by atomic mass is 28.4. The number of fused-ring (bicyclic) bond motifs is 2. The molecular weight excluding hydrogens is 330 g/mol. The molecule has 1 aliphatic carbocycles. The zero-order chi connectivity index (χ0) is 18.6. The molecule has 4 nitrogen and oxygen atoms in total. The van der Waals surface area contributed by atoms with Gasteiger partial charge in [0.2, 0.25) is 8.32 Å². The van der Waals surface area contributed by atoms with Gasteiger partial charge in [-0.05, 0) is 55.7 Å². The summed E-state index contributed by atoms with van der Waals surface area (Å²) in [5.41, 5.74) is 3.53. The first-order valence-corrected chi connectivity index (χ1v) is 11.4. The van der Waals surface area contributed by atoms with Gasteiger partial charge < -0.3 is 8.84 Å². The fraction of sp³-hybridized carbons (Fsp3) is 0.400. The van der Waals surface area contributed by atoms with Crippen molar-refractivity contribution in [2.75, 3.05) is 0 Å². The van der Waals surface area contributed by atoms with Crippen molar-refractivity contribution in [1.82, 2.24) is 4.98 Å². The normalized spacial score (nSPS) is 12.8. The molecule has 5 heteroatoms. The predicted octanol–water partition coefficient (Wildman–Crippen LogP) is 5.29. The first-order valence-electron chi connectivity index (χ1n) is 8.53. The maximum absolute atomic E-state index is 12.0. The smallest absolute Gasteiger partial charge is 0.250 e. The van der Waals surface area contributed by atoms with Crippen molar-refractivity contribution >= 4 is 19.4 Å². The van der Waals surface area contributed by atoms with Crippen LogP contribution in [0.2, 0.25) is 18.1 Å². The second kappa shape index (κ2) is 5.70. The Morgan fingerprint density at radius 2 is 1.80 bits per heavy atom. The number of nitrogens with zero attached hydrogens (tertiary/aromatic N) is 1. The number of aryl methyl sites for hydroxylation is 1. The lowest BCUT2D eigenvalue weighted by Gasteiger charge is -2.36. The molecule has 132 valence electrons. The minimum atomic E-state index is -1.93. The van der Waals surface area contributed by atoms with Gasteiger partial charge in [-0.15, -0.1) is 0 Å². The van der Waals surface area contributed by atoms with Crippen molar-refractivity contribution in [3.8, 4) is 17.2 Å². The monoisotopic (exact) mass is 355 g/mol. The van der Waals surface area contributed by atoms with Crippen molar-refractivity contribution in [2.45, 2.75) is 52.8 Å². The zero-order valence-electron chi connectivity index (χ0n) is 16.0. The van der Waals surface area contributed by atoms with E-state index in [2.05, 4.69) is 38.8 Å². The molecule has 2 aliphatic rings. The summed E-state index contributed by atoms with van der Waals surface area (Å²) in [4.78, 5) is 16.7. The third-order valence-electron chi connectivity index (χ3n) is 5.20. The lowest BCUT2D eigenvalue weighted by atomic mass is 10.0.